The van der Waals surface area contributed by atoms with E-state index in [-0.39, 0.29) is 0 Å². The van der Waals surface area contributed by atoms with E-state index in [1.807, 2.05) is 31.3 Å². The van der Waals surface area contributed by atoms with Crippen molar-refractivity contribution in [3.05, 3.63) is 54.2 Å². The minimum atomic E-state index is 0.348. The molecule has 0 unspecified atom stereocenters. The summed E-state index contributed by atoms with van der Waals surface area (Å²) in [4.78, 5) is 10.4. The fourth-order valence-electron chi connectivity index (χ4n) is 1.64. The monoisotopic (exact) mass is 289 g/mol. The number of benzene rings is 1. The summed E-state index contributed by atoms with van der Waals surface area (Å²) >= 11 is 0. The molecule has 1 aromatic rings. The lowest BCUT2D eigenvalue weighted by Crippen LogP contribution is -2.22. The van der Waals surface area contributed by atoms with Crippen LogP contribution in [-0.4, -0.2) is 32.1 Å². The van der Waals surface area contributed by atoms with Gasteiger partial charge in [-0.25, -0.2) is 5.06 Å². The molecule has 1 N–H and O–H groups in total. The second-order valence-electron chi connectivity index (χ2n) is 4.46. The molecule has 0 bridgehead atoms. The number of nitrogens with one attached hydrogen (secondary N) is 1. The highest BCUT2D eigenvalue weighted by Crippen LogP contribution is 2.22. The third kappa shape index (κ3) is 4.65. The topological polar surface area (TPSA) is 46.1 Å². The molecule has 0 aliphatic heterocycles. The predicted molar refractivity (Wildman–Crippen MR) is 86.3 cm³/mol. The van der Waals surface area contributed by atoms with Crippen LogP contribution in [-0.2, 0) is 16.3 Å². The Hall–Kier alpha value is -2.27. The molecule has 0 amide bonds. The Bertz CT molecular complexity index is 538. The van der Waals surface area contributed by atoms with E-state index in [2.05, 4.69) is 23.6 Å². The van der Waals surface area contributed by atoms with Crippen molar-refractivity contribution in [1.29, 1.82) is 0 Å². The Balaban J connectivity index is 2.81. The average molecular weight is 289 g/mol. The van der Waals surface area contributed by atoms with Crippen LogP contribution in [0.4, 0.5) is 0 Å². The fourth-order valence-corrected chi connectivity index (χ4v) is 1.64. The molecule has 5 nitrogen and oxygen atoms in total. The van der Waals surface area contributed by atoms with E-state index in [1.165, 1.54) is 5.06 Å². The van der Waals surface area contributed by atoms with Crippen molar-refractivity contribution in [1.82, 2.24) is 10.4 Å². The van der Waals surface area contributed by atoms with Gasteiger partial charge in [0.05, 0.1) is 7.11 Å². The summed E-state index contributed by atoms with van der Waals surface area (Å²) in [5.41, 5.74) is 3.60. The van der Waals surface area contributed by atoms with Crippen LogP contribution in [0, 0.1) is 0 Å². The van der Waals surface area contributed by atoms with Crippen molar-refractivity contribution in [3.63, 3.8) is 0 Å². The molecule has 1 rings (SSSR count). The third-order valence-corrected chi connectivity index (χ3v) is 3.15. The molecule has 5 heteroatoms. The van der Waals surface area contributed by atoms with Crippen LogP contribution in [0.15, 0.2) is 48.3 Å². The second kappa shape index (κ2) is 8.11. The number of hydrogen-bond donors (Lipinski definition) is 1. The number of hydrogen-bond acceptors (Lipinski definition) is 4. The highest BCUT2D eigenvalue weighted by atomic mass is 16.7. The molecular formula is C16H23N3O2. The van der Waals surface area contributed by atoms with E-state index in [0.29, 0.717) is 12.4 Å². The van der Waals surface area contributed by atoms with Crippen LogP contribution in [0.1, 0.15) is 18.1 Å². The average Bonchev–Trinajstić information content (AvgIpc) is 2.52. The van der Waals surface area contributed by atoms with Crippen molar-refractivity contribution < 1.29 is 9.68 Å². The quantitative estimate of drug-likeness (QED) is 0.363. The smallest absolute Gasteiger partial charge is 0.164 e. The fraction of sp³-hybridized carbons (Fsp3) is 0.312. The first kappa shape index (κ1) is 16.8. The first-order valence-electron chi connectivity index (χ1n) is 6.59. The summed E-state index contributed by atoms with van der Waals surface area (Å²) in [6.45, 7) is 10.1. The lowest BCUT2D eigenvalue weighted by atomic mass is 9.99. The Kier molecular flexibility index (Phi) is 6.49. The number of oxime groups is 1. The maximum absolute atomic E-state index is 5.38. The van der Waals surface area contributed by atoms with Crippen molar-refractivity contribution >= 4 is 11.4 Å². The predicted octanol–water partition coefficient (Wildman–Crippen LogP) is 2.78. The molecule has 0 heterocycles. The number of likely N-dealkylation sites (N-methyl/N-ethyl adjacent to an activating group) is 1. The van der Waals surface area contributed by atoms with Gasteiger partial charge in [0.25, 0.3) is 0 Å². The molecule has 0 spiro atoms. The van der Waals surface area contributed by atoms with Gasteiger partial charge in [-0.15, -0.1) is 0 Å². The largest absolute Gasteiger partial charge is 0.389 e. The third-order valence-electron chi connectivity index (χ3n) is 3.15. The van der Waals surface area contributed by atoms with Crippen LogP contribution >= 0.6 is 0 Å². The summed E-state index contributed by atoms with van der Waals surface area (Å²) in [6, 6.07) is 7.88. The molecule has 0 saturated heterocycles. The van der Waals surface area contributed by atoms with Gasteiger partial charge >= 0.3 is 0 Å². The van der Waals surface area contributed by atoms with Crippen molar-refractivity contribution in [2.24, 2.45) is 5.16 Å². The van der Waals surface area contributed by atoms with Crippen LogP contribution in [0.2, 0.25) is 0 Å². The first-order chi connectivity index (χ1) is 10.0. The van der Waals surface area contributed by atoms with Gasteiger partial charge in [0, 0.05) is 19.8 Å². The van der Waals surface area contributed by atoms with Crippen molar-refractivity contribution in [2.45, 2.75) is 13.5 Å². The van der Waals surface area contributed by atoms with Gasteiger partial charge in [0.2, 0.25) is 0 Å². The molecule has 0 aromatic heterocycles. The molecule has 0 fully saturated rings. The molecule has 21 heavy (non-hydrogen) atoms. The van der Waals surface area contributed by atoms with Gasteiger partial charge < -0.3 is 10.2 Å². The molecule has 0 aliphatic rings. The van der Waals surface area contributed by atoms with E-state index in [9.17, 15) is 0 Å². The molecule has 0 aliphatic carbocycles. The van der Waals surface area contributed by atoms with Gasteiger partial charge in [-0.05, 0) is 23.6 Å². The summed E-state index contributed by atoms with van der Waals surface area (Å²) < 4.78 is 0. The minimum Gasteiger partial charge on any atom is -0.389 e. The summed E-state index contributed by atoms with van der Waals surface area (Å²) in [5, 5.41) is 8.53. The van der Waals surface area contributed by atoms with Crippen molar-refractivity contribution in [2.75, 3.05) is 21.2 Å². The lowest BCUT2D eigenvalue weighted by Gasteiger charge is -2.15. The zero-order valence-corrected chi connectivity index (χ0v) is 13.1. The van der Waals surface area contributed by atoms with Crippen molar-refractivity contribution in [3.8, 4) is 0 Å². The van der Waals surface area contributed by atoms with E-state index < -0.39 is 0 Å². The number of allylic oxidation sites excluding steroid dienone is 1. The molecule has 1 aromatic carbocycles. The number of rotatable bonds is 7. The highest BCUT2D eigenvalue weighted by Gasteiger charge is 2.08. The number of hydroxylamine groups is 2. The molecule has 0 radical (unpaired) electrons. The summed E-state index contributed by atoms with van der Waals surface area (Å²) in [5.74, 6) is 0.633. The molecular weight excluding hydrogens is 266 g/mol. The zero-order chi connectivity index (χ0) is 15.8. The standard InChI is InChI=1S/C16H23N3O2/c1-12(13(2)17-4)16-10-8-7-9-15(16)11-21-18-14(3)19(5)20-6/h7-10,17H,1-2,11H2,3-6H3/b18-14+. The Morgan fingerprint density at radius 1 is 1.33 bits per heavy atom. The summed E-state index contributed by atoms with van der Waals surface area (Å²) in [6.07, 6.45) is 0. The first-order valence-corrected chi connectivity index (χ1v) is 6.59. The normalized spacial score (nSPS) is 11.0. The Morgan fingerprint density at radius 2 is 2.00 bits per heavy atom. The van der Waals surface area contributed by atoms with Gasteiger partial charge in [-0.1, -0.05) is 42.6 Å². The number of amidine groups is 1. The van der Waals surface area contributed by atoms with Crippen LogP contribution in [0.25, 0.3) is 5.57 Å². The maximum Gasteiger partial charge on any atom is 0.164 e. The molecule has 0 atom stereocenters. The SMILES string of the molecule is C=C(NC)C(=C)c1ccccc1CO/N=C(\C)N(C)OC. The zero-order valence-electron chi connectivity index (χ0n) is 13.1. The maximum atomic E-state index is 5.38. The minimum absolute atomic E-state index is 0.348. The van der Waals surface area contributed by atoms with Crippen LogP contribution in [0.3, 0.4) is 0 Å². The summed E-state index contributed by atoms with van der Waals surface area (Å²) in [7, 11) is 5.15. The Morgan fingerprint density at radius 3 is 2.62 bits per heavy atom. The van der Waals surface area contributed by atoms with E-state index >= 15 is 0 Å². The Labute approximate surface area is 126 Å². The van der Waals surface area contributed by atoms with Crippen LogP contribution < -0.4 is 5.32 Å². The molecule has 0 saturated carbocycles. The van der Waals surface area contributed by atoms with E-state index in [4.69, 9.17) is 9.68 Å². The van der Waals surface area contributed by atoms with Crippen LogP contribution in [0.5, 0.6) is 0 Å². The number of nitrogens with zero attached hydrogens (tertiary/aromatic N) is 2. The second-order valence-corrected chi connectivity index (χ2v) is 4.46. The van der Waals surface area contributed by atoms with Gasteiger partial charge in [-0.2, -0.15) is 0 Å². The highest BCUT2D eigenvalue weighted by molar-refractivity contribution is 5.78. The molecule has 114 valence electrons. The van der Waals surface area contributed by atoms with Gasteiger partial charge in [-0.3, -0.25) is 4.84 Å². The van der Waals surface area contributed by atoms with Gasteiger partial charge in [0.15, 0.2) is 5.84 Å². The van der Waals surface area contributed by atoms with E-state index in [0.717, 1.165) is 22.4 Å². The van der Waals surface area contributed by atoms with Gasteiger partial charge in [0.1, 0.15) is 6.61 Å². The van der Waals surface area contributed by atoms with E-state index in [1.54, 1.807) is 21.1 Å². The lowest BCUT2D eigenvalue weighted by molar-refractivity contribution is -0.0469.